The van der Waals surface area contributed by atoms with E-state index in [0.717, 1.165) is 0 Å². The van der Waals surface area contributed by atoms with Crippen molar-refractivity contribution in [3.8, 4) is 17.2 Å². The van der Waals surface area contributed by atoms with Crippen LogP contribution >= 0.6 is 0 Å². The van der Waals surface area contributed by atoms with E-state index < -0.39 is 5.97 Å². The molecular formula is C24H30O6. The molecule has 0 spiro atoms. The number of carbonyl (C=O) groups excluding carboxylic acids is 1. The zero-order chi connectivity index (χ0) is 22.3. The predicted octanol–water partition coefficient (Wildman–Crippen LogP) is 4.71. The first-order chi connectivity index (χ1) is 14.2. The Kier molecular flexibility index (Phi) is 8.27. The molecule has 0 aliphatic heterocycles. The lowest BCUT2D eigenvalue weighted by atomic mass is 9.98. The minimum Gasteiger partial charge on any atom is -0.507 e. The van der Waals surface area contributed by atoms with E-state index in [1.165, 1.54) is 12.1 Å². The first kappa shape index (κ1) is 23.3. The Labute approximate surface area is 177 Å². The molecule has 2 N–H and O–H groups in total. The number of carboxylic acid groups (broad SMARTS) is 1. The molecule has 0 aliphatic rings. The lowest BCUT2D eigenvalue weighted by Gasteiger charge is -2.15. The maximum Gasteiger partial charge on any atom is 0.303 e. The van der Waals surface area contributed by atoms with Crippen LogP contribution < -0.4 is 9.47 Å². The number of rotatable bonds is 11. The van der Waals surface area contributed by atoms with Gasteiger partial charge in [0.05, 0.1) is 18.8 Å². The van der Waals surface area contributed by atoms with Crippen molar-refractivity contribution in [3.63, 3.8) is 0 Å². The van der Waals surface area contributed by atoms with Gasteiger partial charge in [0.1, 0.15) is 17.2 Å². The molecule has 0 unspecified atom stereocenters. The Hall–Kier alpha value is -3.02. The number of ether oxygens (including phenoxy) is 2. The van der Waals surface area contributed by atoms with Crippen LogP contribution in [0.4, 0.5) is 0 Å². The topological polar surface area (TPSA) is 93.1 Å². The Morgan fingerprint density at radius 1 is 0.933 bits per heavy atom. The lowest BCUT2D eigenvalue weighted by molar-refractivity contribution is -0.136. The fraction of sp³-hybridized carbons (Fsp3) is 0.417. The average Bonchev–Trinajstić information content (AvgIpc) is 2.68. The molecule has 2 aromatic rings. The quantitative estimate of drug-likeness (QED) is 0.517. The Balaban J connectivity index is 2.27. The van der Waals surface area contributed by atoms with Gasteiger partial charge in [-0.1, -0.05) is 27.7 Å². The van der Waals surface area contributed by atoms with Gasteiger partial charge in [-0.15, -0.1) is 0 Å². The number of aromatic hydroxyl groups is 1. The molecule has 2 aromatic carbocycles. The van der Waals surface area contributed by atoms with E-state index in [1.807, 2.05) is 27.7 Å². The lowest BCUT2D eigenvalue weighted by Crippen LogP contribution is -2.09. The summed E-state index contributed by atoms with van der Waals surface area (Å²) in [5.41, 5.74) is 1.17. The summed E-state index contributed by atoms with van der Waals surface area (Å²) >= 11 is 0. The van der Waals surface area contributed by atoms with E-state index in [4.69, 9.17) is 14.6 Å². The van der Waals surface area contributed by atoms with E-state index in [0.29, 0.717) is 47.7 Å². The molecule has 30 heavy (non-hydrogen) atoms. The van der Waals surface area contributed by atoms with E-state index in [2.05, 4.69) is 0 Å². The molecule has 162 valence electrons. The second-order valence-corrected chi connectivity index (χ2v) is 8.13. The Morgan fingerprint density at radius 3 is 2.20 bits per heavy atom. The minimum absolute atomic E-state index is 0.0666. The molecule has 0 radical (unpaired) electrons. The third kappa shape index (κ3) is 6.79. The van der Waals surface area contributed by atoms with Crippen molar-refractivity contribution in [2.24, 2.45) is 11.8 Å². The molecule has 0 heterocycles. The van der Waals surface area contributed by atoms with Gasteiger partial charge >= 0.3 is 5.97 Å². The molecule has 0 fully saturated rings. The molecule has 2 rings (SSSR count). The van der Waals surface area contributed by atoms with Crippen molar-refractivity contribution in [3.05, 3.63) is 53.1 Å². The van der Waals surface area contributed by atoms with Crippen molar-refractivity contribution < 1.29 is 29.3 Å². The third-order valence-electron chi connectivity index (χ3n) is 4.30. The van der Waals surface area contributed by atoms with E-state index in [-0.39, 0.29) is 29.9 Å². The van der Waals surface area contributed by atoms with Crippen molar-refractivity contribution in [2.75, 3.05) is 13.2 Å². The molecular weight excluding hydrogens is 384 g/mol. The van der Waals surface area contributed by atoms with Crippen LogP contribution in [0.5, 0.6) is 17.2 Å². The molecule has 6 nitrogen and oxygen atoms in total. The monoisotopic (exact) mass is 414 g/mol. The smallest absolute Gasteiger partial charge is 0.303 e. The molecule has 6 heteroatoms. The number of benzene rings is 2. The van der Waals surface area contributed by atoms with Gasteiger partial charge in [0, 0.05) is 18.1 Å². The largest absolute Gasteiger partial charge is 0.507 e. The first-order valence-electron chi connectivity index (χ1n) is 10.2. The van der Waals surface area contributed by atoms with Crippen LogP contribution in [0.25, 0.3) is 0 Å². The number of carboxylic acids is 1. The second-order valence-electron chi connectivity index (χ2n) is 8.13. The Morgan fingerprint density at radius 2 is 1.60 bits per heavy atom. The van der Waals surface area contributed by atoms with Gasteiger partial charge in [-0.05, 0) is 54.2 Å². The maximum atomic E-state index is 13.0. The van der Waals surface area contributed by atoms with Gasteiger partial charge in [0.2, 0.25) is 0 Å². The van der Waals surface area contributed by atoms with Crippen molar-refractivity contribution in [1.29, 1.82) is 0 Å². The highest BCUT2D eigenvalue weighted by Gasteiger charge is 2.17. The molecule has 0 saturated carbocycles. The maximum absolute atomic E-state index is 13.0. The van der Waals surface area contributed by atoms with Gasteiger partial charge in [-0.3, -0.25) is 9.59 Å². The zero-order valence-corrected chi connectivity index (χ0v) is 18.0. The number of carbonyl (C=O) groups is 2. The van der Waals surface area contributed by atoms with Crippen LogP contribution in [0.3, 0.4) is 0 Å². The number of hydrogen-bond acceptors (Lipinski definition) is 5. The first-order valence-corrected chi connectivity index (χ1v) is 10.2. The predicted molar refractivity (Wildman–Crippen MR) is 115 cm³/mol. The highest BCUT2D eigenvalue weighted by Crippen LogP contribution is 2.29. The van der Waals surface area contributed by atoms with Gasteiger partial charge < -0.3 is 19.7 Å². The number of phenols is 1. The summed E-state index contributed by atoms with van der Waals surface area (Å²) in [6.45, 7) is 9.09. The van der Waals surface area contributed by atoms with Crippen molar-refractivity contribution in [2.45, 2.75) is 40.5 Å². The van der Waals surface area contributed by atoms with Crippen molar-refractivity contribution in [1.82, 2.24) is 0 Å². The van der Waals surface area contributed by atoms with Crippen LogP contribution in [0.15, 0.2) is 36.4 Å². The third-order valence-corrected chi connectivity index (χ3v) is 4.30. The molecule has 0 amide bonds. The molecule has 0 bridgehead atoms. The second kappa shape index (κ2) is 10.7. The molecule has 0 aromatic heterocycles. The molecule has 0 saturated heterocycles. The fourth-order valence-corrected chi connectivity index (χ4v) is 2.77. The number of hydrogen-bond donors (Lipinski definition) is 2. The summed E-state index contributed by atoms with van der Waals surface area (Å²) < 4.78 is 11.4. The van der Waals surface area contributed by atoms with Gasteiger partial charge in [-0.2, -0.15) is 0 Å². The number of phenolic OH excluding ortho intramolecular Hbond substituents is 1. The fourth-order valence-electron chi connectivity index (χ4n) is 2.77. The minimum atomic E-state index is -0.920. The van der Waals surface area contributed by atoms with Crippen molar-refractivity contribution >= 4 is 11.8 Å². The number of aryl methyl sites for hydroxylation is 1. The SMILES string of the molecule is CC(C)COc1ccc(C(=O)c2ccc(OCC(C)C)c(CCC(=O)O)c2)c(O)c1. The number of aliphatic carboxylic acids is 1. The normalized spacial score (nSPS) is 11.0. The highest BCUT2D eigenvalue weighted by atomic mass is 16.5. The average molecular weight is 414 g/mol. The van der Waals surface area contributed by atoms with Crippen LogP contribution in [0.2, 0.25) is 0 Å². The summed E-state index contributed by atoms with van der Waals surface area (Å²) in [5.74, 6) is 0.293. The molecule has 0 aliphatic carbocycles. The van der Waals surface area contributed by atoms with Gasteiger partial charge in [0.25, 0.3) is 0 Å². The zero-order valence-electron chi connectivity index (χ0n) is 18.0. The summed E-state index contributed by atoms with van der Waals surface area (Å²) in [6, 6.07) is 9.58. The van der Waals surface area contributed by atoms with Gasteiger partial charge in [0.15, 0.2) is 5.78 Å². The Bertz CT molecular complexity index is 885. The standard InChI is InChI=1S/C24H30O6/c1-15(2)13-29-19-7-8-20(21(25)12-19)24(28)18-5-9-22(30-14-16(3)4)17(11-18)6-10-23(26)27/h5,7-9,11-12,15-16,25H,6,10,13-14H2,1-4H3,(H,26,27). The van der Waals surface area contributed by atoms with Crippen LogP contribution in [0, 0.1) is 11.8 Å². The summed E-state index contributed by atoms with van der Waals surface area (Å²) in [5, 5.41) is 19.4. The van der Waals surface area contributed by atoms with Crippen LogP contribution in [-0.4, -0.2) is 35.2 Å². The summed E-state index contributed by atoms with van der Waals surface area (Å²) in [4.78, 5) is 24.0. The van der Waals surface area contributed by atoms with Gasteiger partial charge in [-0.25, -0.2) is 0 Å². The van der Waals surface area contributed by atoms with E-state index in [1.54, 1.807) is 24.3 Å². The molecule has 0 atom stereocenters. The highest BCUT2D eigenvalue weighted by molar-refractivity contribution is 6.10. The van der Waals surface area contributed by atoms with E-state index in [9.17, 15) is 14.7 Å². The van der Waals surface area contributed by atoms with Crippen LogP contribution in [0.1, 0.15) is 55.6 Å². The van der Waals surface area contributed by atoms with Crippen LogP contribution in [-0.2, 0) is 11.2 Å². The summed E-state index contributed by atoms with van der Waals surface area (Å²) in [7, 11) is 0. The van der Waals surface area contributed by atoms with E-state index >= 15 is 0 Å². The number of ketones is 1. The summed E-state index contributed by atoms with van der Waals surface area (Å²) in [6.07, 6.45) is 0.181.